The molecule has 1 fully saturated rings. The lowest BCUT2D eigenvalue weighted by atomic mass is 10.0. The summed E-state index contributed by atoms with van der Waals surface area (Å²) in [5.74, 6) is -0.786. The molecule has 5 nitrogen and oxygen atoms in total. The fourth-order valence-corrected chi connectivity index (χ4v) is 2.26. The van der Waals surface area contributed by atoms with Crippen LogP contribution in [-0.2, 0) is 19.6 Å². The van der Waals surface area contributed by atoms with E-state index in [2.05, 4.69) is 6.58 Å². The van der Waals surface area contributed by atoms with Gasteiger partial charge < -0.3 is 4.74 Å². The fourth-order valence-electron chi connectivity index (χ4n) is 1.44. The predicted octanol–water partition coefficient (Wildman–Crippen LogP) is 0.0434. The van der Waals surface area contributed by atoms with E-state index in [0.717, 1.165) is 6.42 Å². The summed E-state index contributed by atoms with van der Waals surface area (Å²) < 4.78 is 29.6. The van der Waals surface area contributed by atoms with Gasteiger partial charge in [0.25, 0.3) is 5.91 Å². The Morgan fingerprint density at radius 1 is 1.67 bits per heavy atom. The van der Waals surface area contributed by atoms with E-state index in [1.807, 2.05) is 11.6 Å². The van der Waals surface area contributed by atoms with Crippen molar-refractivity contribution in [1.29, 1.82) is 0 Å². The van der Waals surface area contributed by atoms with Crippen molar-refractivity contribution in [3.8, 4) is 0 Å². The second-order valence-corrected chi connectivity index (χ2v) is 5.36. The first-order valence-corrected chi connectivity index (χ1v) is 6.38. The molecule has 1 rings (SSSR count). The third-order valence-electron chi connectivity index (χ3n) is 2.24. The van der Waals surface area contributed by atoms with Crippen LogP contribution in [0.1, 0.15) is 13.3 Å². The highest BCUT2D eigenvalue weighted by Crippen LogP contribution is 2.20. The molecule has 1 aliphatic heterocycles. The maximum absolute atomic E-state index is 11.5. The van der Waals surface area contributed by atoms with Crippen molar-refractivity contribution in [3.63, 3.8) is 0 Å². The van der Waals surface area contributed by atoms with Crippen LogP contribution in [0.15, 0.2) is 12.7 Å². The largest absolute Gasteiger partial charge is 0.368 e. The minimum Gasteiger partial charge on any atom is -0.368 e. The Morgan fingerprint density at radius 2 is 2.33 bits per heavy atom. The van der Waals surface area contributed by atoms with Gasteiger partial charge >= 0.3 is 0 Å². The third kappa shape index (κ3) is 3.32. The quantitative estimate of drug-likeness (QED) is 0.696. The number of hydrogen-bond donors (Lipinski definition) is 1. The SMILES string of the molecule is C=CCS(=O)(=O)NC(=O)[C@H]1OCC[C@H]1C. The molecule has 2 atom stereocenters. The summed E-state index contributed by atoms with van der Waals surface area (Å²) in [6, 6.07) is 0. The van der Waals surface area contributed by atoms with Gasteiger partial charge in [0.05, 0.1) is 5.75 Å². The second kappa shape index (κ2) is 4.76. The molecule has 0 aliphatic carbocycles. The molecule has 86 valence electrons. The maximum atomic E-state index is 11.5. The fraction of sp³-hybridized carbons (Fsp3) is 0.667. The molecular weight excluding hydrogens is 218 g/mol. The normalized spacial score (nSPS) is 26.2. The molecule has 0 aromatic heterocycles. The molecule has 0 radical (unpaired) electrons. The number of rotatable bonds is 4. The molecule has 1 amide bonds. The minimum absolute atomic E-state index is 0.0592. The molecule has 1 heterocycles. The molecule has 1 aliphatic rings. The summed E-state index contributed by atoms with van der Waals surface area (Å²) in [5, 5.41) is 0. The number of sulfonamides is 1. The van der Waals surface area contributed by atoms with Gasteiger partial charge in [0.15, 0.2) is 0 Å². The van der Waals surface area contributed by atoms with Crippen LogP contribution < -0.4 is 4.72 Å². The predicted molar refractivity (Wildman–Crippen MR) is 55.6 cm³/mol. The van der Waals surface area contributed by atoms with Crippen LogP contribution in [0.4, 0.5) is 0 Å². The van der Waals surface area contributed by atoms with Crippen LogP contribution >= 0.6 is 0 Å². The summed E-state index contributed by atoms with van der Waals surface area (Å²) >= 11 is 0. The maximum Gasteiger partial charge on any atom is 0.262 e. The van der Waals surface area contributed by atoms with E-state index in [-0.39, 0.29) is 11.7 Å². The van der Waals surface area contributed by atoms with Crippen LogP contribution in [0.25, 0.3) is 0 Å². The van der Waals surface area contributed by atoms with Gasteiger partial charge in [0.1, 0.15) is 6.10 Å². The molecular formula is C9H15NO4S. The van der Waals surface area contributed by atoms with Crippen molar-refractivity contribution in [2.45, 2.75) is 19.4 Å². The van der Waals surface area contributed by atoms with Crippen molar-refractivity contribution >= 4 is 15.9 Å². The third-order valence-corrected chi connectivity index (χ3v) is 3.43. The molecule has 0 bridgehead atoms. The average molecular weight is 233 g/mol. The lowest BCUT2D eigenvalue weighted by Gasteiger charge is -2.13. The summed E-state index contributed by atoms with van der Waals surface area (Å²) in [7, 11) is -3.59. The van der Waals surface area contributed by atoms with Crippen molar-refractivity contribution in [2.24, 2.45) is 5.92 Å². The molecule has 6 heteroatoms. The molecule has 0 aromatic rings. The van der Waals surface area contributed by atoms with Gasteiger partial charge in [-0.1, -0.05) is 13.0 Å². The van der Waals surface area contributed by atoms with Gasteiger partial charge in [-0.15, -0.1) is 6.58 Å². The van der Waals surface area contributed by atoms with Crippen molar-refractivity contribution < 1.29 is 17.9 Å². The van der Waals surface area contributed by atoms with E-state index >= 15 is 0 Å². The van der Waals surface area contributed by atoms with Crippen molar-refractivity contribution in [1.82, 2.24) is 4.72 Å². The summed E-state index contributed by atoms with van der Waals surface area (Å²) in [6.45, 7) is 5.66. The first kappa shape index (κ1) is 12.2. The highest BCUT2D eigenvalue weighted by Gasteiger charge is 2.32. The van der Waals surface area contributed by atoms with Crippen LogP contribution in [0.2, 0.25) is 0 Å². The van der Waals surface area contributed by atoms with Gasteiger partial charge in [-0.3, -0.25) is 9.52 Å². The van der Waals surface area contributed by atoms with Gasteiger partial charge in [-0.25, -0.2) is 8.42 Å². The van der Waals surface area contributed by atoms with E-state index in [9.17, 15) is 13.2 Å². The zero-order valence-electron chi connectivity index (χ0n) is 8.60. The topological polar surface area (TPSA) is 72.5 Å². The number of amides is 1. The lowest BCUT2D eigenvalue weighted by molar-refractivity contribution is -0.129. The minimum atomic E-state index is -3.59. The second-order valence-electron chi connectivity index (χ2n) is 3.59. The highest BCUT2D eigenvalue weighted by molar-refractivity contribution is 7.90. The Morgan fingerprint density at radius 3 is 2.80 bits per heavy atom. The summed E-state index contributed by atoms with van der Waals surface area (Å²) in [5.41, 5.74) is 0. The molecule has 1 saturated heterocycles. The van der Waals surface area contributed by atoms with E-state index in [0.29, 0.717) is 6.61 Å². The first-order valence-electron chi connectivity index (χ1n) is 4.73. The monoisotopic (exact) mass is 233 g/mol. The van der Waals surface area contributed by atoms with E-state index in [4.69, 9.17) is 4.74 Å². The van der Waals surface area contributed by atoms with Crippen molar-refractivity contribution in [3.05, 3.63) is 12.7 Å². The van der Waals surface area contributed by atoms with Crippen molar-refractivity contribution in [2.75, 3.05) is 12.4 Å². The lowest BCUT2D eigenvalue weighted by Crippen LogP contribution is -2.41. The number of nitrogens with one attached hydrogen (secondary N) is 1. The Kier molecular flexibility index (Phi) is 3.87. The average Bonchev–Trinajstić information content (AvgIpc) is 2.50. The molecule has 1 N–H and O–H groups in total. The number of ether oxygens (including phenoxy) is 1. The van der Waals surface area contributed by atoms with Gasteiger partial charge in [0, 0.05) is 6.61 Å². The van der Waals surface area contributed by atoms with E-state index in [1.165, 1.54) is 6.08 Å². The number of carbonyl (C=O) groups is 1. The van der Waals surface area contributed by atoms with Crippen LogP contribution in [0.5, 0.6) is 0 Å². The van der Waals surface area contributed by atoms with Crippen LogP contribution in [-0.4, -0.2) is 32.8 Å². The smallest absolute Gasteiger partial charge is 0.262 e. The molecule has 0 saturated carbocycles. The Balaban J connectivity index is 2.59. The molecule has 0 spiro atoms. The zero-order valence-corrected chi connectivity index (χ0v) is 9.42. The molecule has 0 aromatic carbocycles. The molecule has 0 unspecified atom stereocenters. The Bertz CT molecular complexity index is 349. The highest BCUT2D eigenvalue weighted by atomic mass is 32.2. The van der Waals surface area contributed by atoms with Gasteiger partial charge in [-0.05, 0) is 12.3 Å². The van der Waals surface area contributed by atoms with Crippen LogP contribution in [0.3, 0.4) is 0 Å². The number of carbonyl (C=O) groups excluding carboxylic acids is 1. The van der Waals surface area contributed by atoms with Gasteiger partial charge in [-0.2, -0.15) is 0 Å². The van der Waals surface area contributed by atoms with Crippen LogP contribution in [0, 0.1) is 5.92 Å². The standard InChI is InChI=1S/C9H15NO4S/c1-3-6-15(12,13)10-9(11)8-7(2)4-5-14-8/h3,7-8H,1,4-6H2,2H3,(H,10,11)/t7-,8+/m1/s1. The Hall–Kier alpha value is -0.880. The Labute approximate surface area is 89.5 Å². The van der Waals surface area contributed by atoms with Gasteiger partial charge in [0.2, 0.25) is 10.0 Å². The summed E-state index contributed by atoms with van der Waals surface area (Å²) in [4.78, 5) is 11.5. The zero-order chi connectivity index (χ0) is 11.5. The molecule has 15 heavy (non-hydrogen) atoms. The van der Waals surface area contributed by atoms with E-state index < -0.39 is 22.0 Å². The first-order chi connectivity index (χ1) is 6.96. The summed E-state index contributed by atoms with van der Waals surface area (Å²) in [6.07, 6.45) is 1.36. The van der Waals surface area contributed by atoms with E-state index in [1.54, 1.807) is 0 Å². The number of hydrogen-bond acceptors (Lipinski definition) is 4.